The van der Waals surface area contributed by atoms with Crippen molar-refractivity contribution in [2.75, 3.05) is 13.2 Å². The number of esters is 2. The molecule has 28 heavy (non-hydrogen) atoms. The Morgan fingerprint density at radius 2 is 1.68 bits per heavy atom. The van der Waals surface area contributed by atoms with Gasteiger partial charge in [-0.05, 0) is 58.8 Å². The second-order valence-corrected chi connectivity index (χ2v) is 8.81. The molecule has 7 nitrogen and oxygen atoms in total. The summed E-state index contributed by atoms with van der Waals surface area (Å²) in [6, 6.07) is 0. The summed E-state index contributed by atoms with van der Waals surface area (Å²) in [5.41, 5.74) is -0.618. The molecular weight excluding hydrogens is 362 g/mol. The van der Waals surface area contributed by atoms with Crippen molar-refractivity contribution in [2.45, 2.75) is 65.2 Å². The summed E-state index contributed by atoms with van der Waals surface area (Å²) in [7, 11) is 0. The van der Waals surface area contributed by atoms with E-state index in [1.54, 1.807) is 27.7 Å². The van der Waals surface area contributed by atoms with Gasteiger partial charge < -0.3 is 14.2 Å². The van der Waals surface area contributed by atoms with Crippen LogP contribution in [0.15, 0.2) is 12.2 Å². The van der Waals surface area contributed by atoms with Crippen LogP contribution in [0.2, 0.25) is 0 Å². The highest BCUT2D eigenvalue weighted by atomic mass is 16.6. The van der Waals surface area contributed by atoms with Gasteiger partial charge in [-0.1, -0.05) is 12.2 Å². The van der Waals surface area contributed by atoms with E-state index in [0.717, 1.165) is 19.3 Å². The number of piperidine rings is 1. The molecule has 0 aromatic carbocycles. The predicted molar refractivity (Wildman–Crippen MR) is 101 cm³/mol. The number of amides is 1. The molecule has 156 valence electrons. The molecule has 1 heterocycles. The number of ether oxygens (including phenoxy) is 3. The molecule has 5 atom stereocenters. The standard InChI is InChI=1S/C21H31NO6/c1-5-26-18(23)16-13-9-10-14(12-13)17(16)19(24)27-15-8-6-7-11-22(15)20(25)28-21(2,3)4/h9-10,13-17H,5-8,11-12H2,1-4H3. The molecule has 3 aliphatic rings. The lowest BCUT2D eigenvalue weighted by Crippen LogP contribution is -2.49. The van der Waals surface area contributed by atoms with Crippen LogP contribution in [0.1, 0.15) is 53.4 Å². The fraction of sp³-hybridized carbons (Fsp3) is 0.762. The van der Waals surface area contributed by atoms with E-state index in [1.807, 2.05) is 12.2 Å². The van der Waals surface area contributed by atoms with Crippen molar-refractivity contribution in [3.8, 4) is 0 Å². The van der Waals surface area contributed by atoms with Gasteiger partial charge in [0.1, 0.15) is 5.60 Å². The maximum atomic E-state index is 13.0. The van der Waals surface area contributed by atoms with Gasteiger partial charge in [-0.15, -0.1) is 0 Å². The van der Waals surface area contributed by atoms with Crippen molar-refractivity contribution in [1.82, 2.24) is 4.90 Å². The lowest BCUT2D eigenvalue weighted by atomic mass is 9.83. The minimum atomic E-state index is -0.651. The fourth-order valence-corrected chi connectivity index (χ4v) is 4.47. The van der Waals surface area contributed by atoms with Crippen LogP contribution < -0.4 is 0 Å². The van der Waals surface area contributed by atoms with Crippen LogP contribution >= 0.6 is 0 Å². The van der Waals surface area contributed by atoms with Crippen molar-refractivity contribution in [3.63, 3.8) is 0 Å². The maximum Gasteiger partial charge on any atom is 0.413 e. The molecule has 1 amide bonds. The zero-order valence-corrected chi connectivity index (χ0v) is 17.2. The fourth-order valence-electron chi connectivity index (χ4n) is 4.47. The average Bonchev–Trinajstić information content (AvgIpc) is 3.22. The average molecular weight is 393 g/mol. The Bertz CT molecular complexity index is 652. The highest BCUT2D eigenvalue weighted by Crippen LogP contribution is 2.49. The van der Waals surface area contributed by atoms with E-state index in [1.165, 1.54) is 4.90 Å². The third kappa shape index (κ3) is 4.33. The van der Waals surface area contributed by atoms with Crippen molar-refractivity contribution >= 4 is 18.0 Å². The number of carbonyl (C=O) groups is 3. The molecule has 5 unspecified atom stereocenters. The highest BCUT2D eigenvalue weighted by molar-refractivity contribution is 5.84. The lowest BCUT2D eigenvalue weighted by Gasteiger charge is -2.37. The molecule has 2 fully saturated rings. The zero-order chi connectivity index (χ0) is 20.5. The molecule has 0 aromatic heterocycles. The van der Waals surface area contributed by atoms with E-state index in [9.17, 15) is 14.4 Å². The van der Waals surface area contributed by atoms with E-state index >= 15 is 0 Å². The molecule has 0 aromatic rings. The van der Waals surface area contributed by atoms with Gasteiger partial charge in [-0.25, -0.2) is 4.79 Å². The first-order valence-corrected chi connectivity index (χ1v) is 10.3. The van der Waals surface area contributed by atoms with Gasteiger partial charge in [-0.3, -0.25) is 14.5 Å². The molecule has 2 bridgehead atoms. The molecule has 3 rings (SSSR count). The van der Waals surface area contributed by atoms with E-state index < -0.39 is 35.7 Å². The van der Waals surface area contributed by atoms with E-state index in [0.29, 0.717) is 13.0 Å². The number of allylic oxidation sites excluding steroid dienone is 2. The Hall–Kier alpha value is -2.05. The number of nitrogens with zero attached hydrogens (tertiary/aromatic N) is 1. The Balaban J connectivity index is 1.70. The van der Waals surface area contributed by atoms with E-state index in [4.69, 9.17) is 14.2 Å². The number of rotatable bonds is 4. The Morgan fingerprint density at radius 1 is 1.04 bits per heavy atom. The first-order chi connectivity index (χ1) is 13.2. The topological polar surface area (TPSA) is 82.1 Å². The number of hydrogen-bond donors (Lipinski definition) is 0. The van der Waals surface area contributed by atoms with Gasteiger partial charge in [0, 0.05) is 13.0 Å². The Kier molecular flexibility index (Phi) is 6.01. The zero-order valence-electron chi connectivity index (χ0n) is 17.2. The minimum Gasteiger partial charge on any atom is -0.466 e. The van der Waals surface area contributed by atoms with Crippen LogP contribution in [0.3, 0.4) is 0 Å². The second-order valence-electron chi connectivity index (χ2n) is 8.81. The molecule has 0 spiro atoms. The van der Waals surface area contributed by atoms with Gasteiger partial charge in [0.25, 0.3) is 0 Å². The Labute approximate surface area is 166 Å². The third-order valence-corrected chi connectivity index (χ3v) is 5.62. The number of carbonyl (C=O) groups excluding carboxylic acids is 3. The predicted octanol–water partition coefficient (Wildman–Crippen LogP) is 3.28. The van der Waals surface area contributed by atoms with Gasteiger partial charge >= 0.3 is 18.0 Å². The molecule has 7 heteroatoms. The smallest absolute Gasteiger partial charge is 0.413 e. The summed E-state index contributed by atoms with van der Waals surface area (Å²) in [5, 5.41) is 0. The molecular formula is C21H31NO6. The van der Waals surface area contributed by atoms with Crippen LogP contribution in [0.5, 0.6) is 0 Å². The molecule has 1 saturated heterocycles. The highest BCUT2D eigenvalue weighted by Gasteiger charge is 2.53. The molecule has 1 aliphatic heterocycles. The summed E-state index contributed by atoms with van der Waals surface area (Å²) in [5.74, 6) is -1.79. The van der Waals surface area contributed by atoms with Gasteiger partial charge in [0.15, 0.2) is 6.23 Å². The quantitative estimate of drug-likeness (QED) is 0.414. The number of fused-ring (bicyclic) bond motifs is 2. The summed E-state index contributed by atoms with van der Waals surface area (Å²) < 4.78 is 16.4. The van der Waals surface area contributed by atoms with Gasteiger partial charge in [0.05, 0.1) is 18.4 Å². The van der Waals surface area contributed by atoms with Crippen molar-refractivity contribution in [3.05, 3.63) is 12.2 Å². The summed E-state index contributed by atoms with van der Waals surface area (Å²) in [6.07, 6.45) is 5.93. The summed E-state index contributed by atoms with van der Waals surface area (Å²) >= 11 is 0. The van der Waals surface area contributed by atoms with Crippen LogP contribution in [-0.4, -0.2) is 47.9 Å². The van der Waals surface area contributed by atoms with Crippen LogP contribution in [-0.2, 0) is 23.8 Å². The van der Waals surface area contributed by atoms with Crippen LogP contribution in [0.25, 0.3) is 0 Å². The lowest BCUT2D eigenvalue weighted by molar-refractivity contribution is -0.173. The van der Waals surface area contributed by atoms with E-state index in [2.05, 4.69) is 0 Å². The summed E-state index contributed by atoms with van der Waals surface area (Å²) in [4.78, 5) is 39.5. The van der Waals surface area contributed by atoms with Crippen LogP contribution in [0, 0.1) is 23.7 Å². The first-order valence-electron chi connectivity index (χ1n) is 10.3. The van der Waals surface area contributed by atoms with Crippen LogP contribution in [0.4, 0.5) is 4.79 Å². The molecule has 2 aliphatic carbocycles. The van der Waals surface area contributed by atoms with Gasteiger partial charge in [0.2, 0.25) is 0 Å². The maximum absolute atomic E-state index is 13.0. The SMILES string of the molecule is CCOC(=O)C1C2C=CC(C2)C1C(=O)OC1CCCCN1C(=O)OC(C)(C)C. The summed E-state index contributed by atoms with van der Waals surface area (Å²) in [6.45, 7) is 7.96. The van der Waals surface area contributed by atoms with Crippen molar-refractivity contribution in [1.29, 1.82) is 0 Å². The van der Waals surface area contributed by atoms with E-state index in [-0.39, 0.29) is 24.4 Å². The monoisotopic (exact) mass is 393 g/mol. The second kappa shape index (κ2) is 8.13. The Morgan fingerprint density at radius 3 is 2.29 bits per heavy atom. The number of likely N-dealkylation sites (tertiary alicyclic amines) is 1. The molecule has 0 N–H and O–H groups in total. The minimum absolute atomic E-state index is 0.00882. The normalized spacial score (nSPS) is 31.6. The molecule has 1 saturated carbocycles. The van der Waals surface area contributed by atoms with Crippen molar-refractivity contribution in [2.24, 2.45) is 23.7 Å². The van der Waals surface area contributed by atoms with Crippen molar-refractivity contribution < 1.29 is 28.6 Å². The number of hydrogen-bond acceptors (Lipinski definition) is 6. The first kappa shape index (κ1) is 20.7. The third-order valence-electron chi connectivity index (χ3n) is 5.62. The van der Waals surface area contributed by atoms with Gasteiger partial charge in [-0.2, -0.15) is 0 Å². The largest absolute Gasteiger partial charge is 0.466 e. The molecule has 0 radical (unpaired) electrons.